The Morgan fingerprint density at radius 1 is 1.44 bits per heavy atom. The van der Waals surface area contributed by atoms with Crippen LogP contribution in [0.15, 0.2) is 0 Å². The monoisotopic (exact) mass is 278 g/mol. The third kappa shape index (κ3) is 4.22. The van der Waals surface area contributed by atoms with Crippen molar-refractivity contribution in [1.29, 1.82) is 0 Å². The molecule has 1 aliphatic rings. The third-order valence-corrected chi connectivity index (χ3v) is 5.03. The van der Waals surface area contributed by atoms with E-state index in [-0.39, 0.29) is 19.0 Å². The molecule has 0 aliphatic heterocycles. The molecule has 2 atom stereocenters. The second kappa shape index (κ2) is 6.49. The van der Waals surface area contributed by atoms with Gasteiger partial charge in [-0.25, -0.2) is 0 Å². The lowest BCUT2D eigenvalue weighted by atomic mass is 10.1. The van der Waals surface area contributed by atoms with Gasteiger partial charge in [0.15, 0.2) is 0 Å². The molecule has 1 saturated carbocycles. The number of rotatable bonds is 6. The Morgan fingerprint density at radius 3 is 2.61 bits per heavy atom. The Hall–Kier alpha value is -0.660. The summed E-state index contributed by atoms with van der Waals surface area (Å²) in [6.45, 7) is 2.18. The van der Waals surface area contributed by atoms with Crippen molar-refractivity contribution >= 4 is 16.2 Å². The van der Waals surface area contributed by atoms with Crippen LogP contribution in [0.25, 0.3) is 0 Å². The maximum Gasteiger partial charge on any atom is 0.306 e. The predicted molar refractivity (Wildman–Crippen MR) is 68.1 cm³/mol. The van der Waals surface area contributed by atoms with E-state index in [2.05, 4.69) is 16.4 Å². The van der Waals surface area contributed by atoms with Crippen LogP contribution in [0.2, 0.25) is 0 Å². The van der Waals surface area contributed by atoms with Gasteiger partial charge in [-0.1, -0.05) is 13.3 Å². The number of hydrogen-bond acceptors (Lipinski definition) is 4. The van der Waals surface area contributed by atoms with E-state index < -0.39 is 16.2 Å². The van der Waals surface area contributed by atoms with Gasteiger partial charge in [0.05, 0.1) is 13.5 Å². The van der Waals surface area contributed by atoms with E-state index in [1.54, 1.807) is 0 Å². The van der Waals surface area contributed by atoms with Crippen LogP contribution in [0.4, 0.5) is 0 Å². The normalized spacial score (nSPS) is 24.4. The average Bonchev–Trinajstić information content (AvgIpc) is 2.70. The van der Waals surface area contributed by atoms with Crippen molar-refractivity contribution in [2.24, 2.45) is 5.92 Å². The minimum atomic E-state index is -3.50. The maximum absolute atomic E-state index is 12.0. The predicted octanol–water partition coefficient (Wildman–Crippen LogP) is 0.504. The molecule has 1 fully saturated rings. The van der Waals surface area contributed by atoms with E-state index >= 15 is 0 Å². The van der Waals surface area contributed by atoms with Gasteiger partial charge in [-0.05, 0) is 18.8 Å². The zero-order valence-corrected chi connectivity index (χ0v) is 12.0. The number of carbonyl (C=O) groups is 1. The minimum Gasteiger partial charge on any atom is -0.469 e. The van der Waals surface area contributed by atoms with Gasteiger partial charge in [0.1, 0.15) is 0 Å². The molecule has 7 heteroatoms. The molecule has 6 nitrogen and oxygen atoms in total. The van der Waals surface area contributed by atoms with Gasteiger partial charge >= 0.3 is 5.97 Å². The molecule has 0 radical (unpaired) electrons. The molecule has 0 aromatic rings. The molecule has 1 N–H and O–H groups in total. The van der Waals surface area contributed by atoms with Crippen LogP contribution in [0.1, 0.15) is 32.6 Å². The Balaban J connectivity index is 2.49. The number of nitrogens with zero attached hydrogens (tertiary/aromatic N) is 1. The smallest absolute Gasteiger partial charge is 0.306 e. The molecule has 0 saturated heterocycles. The number of carbonyl (C=O) groups excluding carboxylic acids is 1. The number of esters is 1. The summed E-state index contributed by atoms with van der Waals surface area (Å²) in [5.74, 6) is -0.0416. The molecule has 0 bridgehead atoms. The molecule has 0 amide bonds. The van der Waals surface area contributed by atoms with Gasteiger partial charge in [-0.2, -0.15) is 17.4 Å². The third-order valence-electron chi connectivity index (χ3n) is 3.43. The first-order valence-corrected chi connectivity index (χ1v) is 7.61. The molecule has 0 spiro atoms. The van der Waals surface area contributed by atoms with E-state index in [0.717, 1.165) is 23.6 Å². The first-order valence-electron chi connectivity index (χ1n) is 6.17. The second-order valence-corrected chi connectivity index (χ2v) is 6.59. The Morgan fingerprint density at radius 2 is 2.11 bits per heavy atom. The highest BCUT2D eigenvalue weighted by molar-refractivity contribution is 7.87. The topological polar surface area (TPSA) is 75.7 Å². The molecule has 2 unspecified atom stereocenters. The summed E-state index contributed by atoms with van der Waals surface area (Å²) in [5, 5.41) is 0. The Kier molecular flexibility index (Phi) is 5.55. The summed E-state index contributed by atoms with van der Waals surface area (Å²) in [6.07, 6.45) is 3.05. The first kappa shape index (κ1) is 15.4. The summed E-state index contributed by atoms with van der Waals surface area (Å²) >= 11 is 0. The van der Waals surface area contributed by atoms with Crippen molar-refractivity contribution in [3.05, 3.63) is 0 Å². The van der Waals surface area contributed by atoms with E-state index in [4.69, 9.17) is 0 Å². The first-order chi connectivity index (χ1) is 8.36. The lowest BCUT2D eigenvalue weighted by Gasteiger charge is -2.22. The lowest BCUT2D eigenvalue weighted by molar-refractivity contribution is -0.140. The fourth-order valence-corrected chi connectivity index (χ4v) is 3.32. The SMILES string of the molecule is COC(=O)CCN(C)S(=O)(=O)NC1CCCC1C. The Labute approximate surface area is 109 Å². The molecule has 106 valence electrons. The van der Waals surface area contributed by atoms with Crippen molar-refractivity contribution in [1.82, 2.24) is 9.03 Å². The number of ether oxygens (including phenoxy) is 1. The number of hydrogen-bond donors (Lipinski definition) is 1. The van der Waals surface area contributed by atoms with Gasteiger partial charge in [0.2, 0.25) is 0 Å². The van der Waals surface area contributed by atoms with Crippen molar-refractivity contribution in [2.75, 3.05) is 20.7 Å². The highest BCUT2D eigenvalue weighted by Gasteiger charge is 2.29. The molecule has 18 heavy (non-hydrogen) atoms. The van der Waals surface area contributed by atoms with Crippen molar-refractivity contribution in [3.63, 3.8) is 0 Å². The van der Waals surface area contributed by atoms with Crippen LogP contribution in [-0.4, -0.2) is 45.4 Å². The van der Waals surface area contributed by atoms with E-state index in [1.165, 1.54) is 14.2 Å². The van der Waals surface area contributed by atoms with Crippen molar-refractivity contribution in [3.8, 4) is 0 Å². The zero-order chi connectivity index (χ0) is 13.8. The van der Waals surface area contributed by atoms with Gasteiger partial charge < -0.3 is 4.74 Å². The van der Waals surface area contributed by atoms with Gasteiger partial charge in [-0.15, -0.1) is 0 Å². The zero-order valence-electron chi connectivity index (χ0n) is 11.2. The summed E-state index contributed by atoms with van der Waals surface area (Å²) in [4.78, 5) is 11.0. The molecule has 1 aliphatic carbocycles. The fourth-order valence-electron chi connectivity index (χ4n) is 2.07. The molecule has 0 heterocycles. The van der Waals surface area contributed by atoms with E-state index in [9.17, 15) is 13.2 Å². The summed E-state index contributed by atoms with van der Waals surface area (Å²) in [5.41, 5.74) is 0. The number of nitrogens with one attached hydrogen (secondary N) is 1. The quantitative estimate of drug-likeness (QED) is 0.718. The highest BCUT2D eigenvalue weighted by atomic mass is 32.2. The van der Waals surface area contributed by atoms with Crippen LogP contribution in [0.3, 0.4) is 0 Å². The van der Waals surface area contributed by atoms with Gasteiger partial charge in [0.25, 0.3) is 10.2 Å². The van der Waals surface area contributed by atoms with Crippen molar-refractivity contribution in [2.45, 2.75) is 38.6 Å². The van der Waals surface area contributed by atoms with Crippen LogP contribution in [0, 0.1) is 5.92 Å². The van der Waals surface area contributed by atoms with Crippen LogP contribution >= 0.6 is 0 Å². The average molecular weight is 278 g/mol. The summed E-state index contributed by atoms with van der Waals surface area (Å²) in [7, 11) is -0.755. The van der Waals surface area contributed by atoms with Crippen LogP contribution < -0.4 is 4.72 Å². The standard InChI is InChI=1S/C11H22N2O4S/c1-9-5-4-6-10(9)12-18(15,16)13(2)8-7-11(14)17-3/h9-10,12H,4-8H2,1-3H3. The Bertz CT molecular complexity index is 383. The minimum absolute atomic E-state index is 0.00979. The number of methoxy groups -OCH3 is 1. The van der Waals surface area contributed by atoms with Crippen molar-refractivity contribution < 1.29 is 17.9 Å². The summed E-state index contributed by atoms with van der Waals surface area (Å²) < 4.78 is 32.3. The van der Waals surface area contributed by atoms with Gasteiger partial charge in [-0.3, -0.25) is 4.79 Å². The van der Waals surface area contributed by atoms with E-state index in [1.807, 2.05) is 0 Å². The largest absolute Gasteiger partial charge is 0.469 e. The van der Waals surface area contributed by atoms with Crippen LogP contribution in [0.5, 0.6) is 0 Å². The highest BCUT2D eigenvalue weighted by Crippen LogP contribution is 2.25. The van der Waals surface area contributed by atoms with Crippen LogP contribution in [-0.2, 0) is 19.7 Å². The molecule has 1 rings (SSSR count). The fraction of sp³-hybridized carbons (Fsp3) is 0.909. The second-order valence-electron chi connectivity index (χ2n) is 4.79. The van der Waals surface area contributed by atoms with Gasteiger partial charge in [0, 0.05) is 19.6 Å². The molecular formula is C11H22N2O4S. The lowest BCUT2D eigenvalue weighted by Crippen LogP contribution is -2.45. The molecule has 0 aromatic carbocycles. The maximum atomic E-state index is 12.0. The summed E-state index contributed by atoms with van der Waals surface area (Å²) in [6, 6.07) is 0.00979. The molecular weight excluding hydrogens is 256 g/mol. The van der Waals surface area contributed by atoms with E-state index in [0.29, 0.717) is 5.92 Å². The molecule has 0 aromatic heterocycles.